The van der Waals surface area contributed by atoms with Gasteiger partial charge in [-0.15, -0.1) is 11.3 Å². The molecular formula is C21H25NO2S. The molecule has 1 aliphatic heterocycles. The van der Waals surface area contributed by atoms with Gasteiger partial charge in [0.15, 0.2) is 0 Å². The molecule has 2 aromatic rings. The quantitative estimate of drug-likeness (QED) is 0.892. The maximum absolute atomic E-state index is 13.0. The van der Waals surface area contributed by atoms with Crippen molar-refractivity contribution in [3.63, 3.8) is 0 Å². The second-order valence-corrected chi connectivity index (χ2v) is 8.45. The van der Waals surface area contributed by atoms with Crippen LogP contribution in [-0.2, 0) is 18.3 Å². The van der Waals surface area contributed by atoms with Crippen molar-refractivity contribution in [2.75, 3.05) is 13.1 Å². The Morgan fingerprint density at radius 2 is 2.04 bits per heavy atom. The number of likely N-dealkylation sites (tertiary alicyclic amines) is 1. The zero-order valence-corrected chi connectivity index (χ0v) is 15.7. The highest BCUT2D eigenvalue weighted by molar-refractivity contribution is 7.10. The van der Waals surface area contributed by atoms with Crippen LogP contribution in [0.1, 0.15) is 51.7 Å². The molecule has 132 valence electrons. The minimum atomic E-state index is -0.322. The predicted molar refractivity (Wildman–Crippen MR) is 101 cm³/mol. The van der Waals surface area contributed by atoms with Gasteiger partial charge in [-0.1, -0.05) is 31.2 Å². The molecule has 25 heavy (non-hydrogen) atoms. The fourth-order valence-electron chi connectivity index (χ4n) is 4.75. The van der Waals surface area contributed by atoms with E-state index >= 15 is 0 Å². The molecule has 2 aliphatic rings. The van der Waals surface area contributed by atoms with Gasteiger partial charge in [-0.05, 0) is 49.3 Å². The summed E-state index contributed by atoms with van der Waals surface area (Å²) in [6, 6.07) is 8.42. The Morgan fingerprint density at radius 1 is 1.32 bits per heavy atom. The Morgan fingerprint density at radius 3 is 2.76 bits per heavy atom. The minimum Gasteiger partial charge on any atom is -0.392 e. The number of fused-ring (bicyclic) bond motifs is 2. The summed E-state index contributed by atoms with van der Waals surface area (Å²) in [5.74, 6) is 0.164. The van der Waals surface area contributed by atoms with Crippen LogP contribution in [0, 0.1) is 6.92 Å². The topological polar surface area (TPSA) is 40.5 Å². The number of hydrogen-bond acceptors (Lipinski definition) is 3. The van der Waals surface area contributed by atoms with Crippen molar-refractivity contribution in [3.05, 3.63) is 56.8 Å². The number of aliphatic hydroxyl groups is 1. The molecule has 4 rings (SSSR count). The van der Waals surface area contributed by atoms with Gasteiger partial charge >= 0.3 is 0 Å². The molecule has 1 aromatic heterocycles. The molecule has 1 atom stereocenters. The lowest BCUT2D eigenvalue weighted by Crippen LogP contribution is -2.49. The summed E-state index contributed by atoms with van der Waals surface area (Å²) >= 11 is 1.67. The van der Waals surface area contributed by atoms with Crippen molar-refractivity contribution in [3.8, 4) is 0 Å². The van der Waals surface area contributed by atoms with Gasteiger partial charge in [0.05, 0.1) is 11.7 Å². The summed E-state index contributed by atoms with van der Waals surface area (Å²) in [4.78, 5) is 16.2. The van der Waals surface area contributed by atoms with Crippen LogP contribution in [0.2, 0.25) is 0 Å². The Kier molecular flexibility index (Phi) is 4.20. The number of aryl methyl sites for hydroxylation is 1. The van der Waals surface area contributed by atoms with Crippen LogP contribution in [0.4, 0.5) is 0 Å². The second-order valence-electron chi connectivity index (χ2n) is 7.36. The van der Waals surface area contributed by atoms with Gasteiger partial charge in [0.2, 0.25) is 0 Å². The van der Waals surface area contributed by atoms with Crippen LogP contribution in [0.15, 0.2) is 29.6 Å². The van der Waals surface area contributed by atoms with Crippen molar-refractivity contribution >= 4 is 17.2 Å². The number of hydrogen-bond donors (Lipinski definition) is 1. The smallest absolute Gasteiger partial charge is 0.254 e. The monoisotopic (exact) mass is 355 g/mol. The van der Waals surface area contributed by atoms with E-state index < -0.39 is 0 Å². The highest BCUT2D eigenvalue weighted by Gasteiger charge is 2.48. The highest BCUT2D eigenvalue weighted by atomic mass is 32.1. The third kappa shape index (κ3) is 2.54. The Balaban J connectivity index is 1.55. The van der Waals surface area contributed by atoms with Crippen LogP contribution >= 0.6 is 11.3 Å². The highest BCUT2D eigenvalue weighted by Crippen LogP contribution is 2.46. The first-order valence-corrected chi connectivity index (χ1v) is 10.1. The number of piperidine rings is 1. The zero-order chi connectivity index (χ0) is 17.6. The fraction of sp³-hybridized carbons (Fsp3) is 0.476. The normalized spacial score (nSPS) is 21.6. The molecule has 1 saturated heterocycles. The molecule has 0 radical (unpaired) electrons. The van der Waals surface area contributed by atoms with Gasteiger partial charge in [-0.2, -0.15) is 0 Å². The number of carbonyl (C=O) groups is 1. The SMILES string of the molecule is CCc1c(C(=O)N2CCC3(CC2)c2ccccc2C[C@H]3O)csc1C. The van der Waals surface area contributed by atoms with E-state index in [0.29, 0.717) is 0 Å². The van der Waals surface area contributed by atoms with Crippen LogP contribution in [0.3, 0.4) is 0 Å². The summed E-state index contributed by atoms with van der Waals surface area (Å²) in [6.45, 7) is 5.66. The lowest BCUT2D eigenvalue weighted by Gasteiger charge is -2.42. The van der Waals surface area contributed by atoms with Crippen molar-refractivity contribution in [1.29, 1.82) is 0 Å². The van der Waals surface area contributed by atoms with E-state index in [9.17, 15) is 9.90 Å². The molecule has 4 heteroatoms. The minimum absolute atomic E-state index is 0.161. The molecule has 0 saturated carbocycles. The van der Waals surface area contributed by atoms with Crippen LogP contribution in [-0.4, -0.2) is 35.1 Å². The molecule has 3 nitrogen and oxygen atoms in total. The summed E-state index contributed by atoms with van der Waals surface area (Å²) in [7, 11) is 0. The van der Waals surface area contributed by atoms with Gasteiger partial charge in [-0.25, -0.2) is 0 Å². The molecular weight excluding hydrogens is 330 g/mol. The Labute approximate surface area is 153 Å². The summed E-state index contributed by atoms with van der Waals surface area (Å²) in [5, 5.41) is 12.8. The number of aliphatic hydroxyl groups excluding tert-OH is 1. The van der Waals surface area contributed by atoms with Gasteiger partial charge in [0.25, 0.3) is 5.91 Å². The molecule has 0 unspecified atom stereocenters. The van der Waals surface area contributed by atoms with Crippen molar-refractivity contribution < 1.29 is 9.90 Å². The van der Waals surface area contributed by atoms with Gasteiger partial charge < -0.3 is 10.0 Å². The maximum Gasteiger partial charge on any atom is 0.254 e. The fourth-order valence-corrected chi connectivity index (χ4v) is 5.68. The average molecular weight is 356 g/mol. The third-order valence-corrected chi connectivity index (χ3v) is 7.19. The second kappa shape index (κ2) is 6.26. The van der Waals surface area contributed by atoms with Gasteiger partial charge in [0, 0.05) is 28.8 Å². The predicted octanol–water partition coefficient (Wildman–Crippen LogP) is 3.71. The lowest BCUT2D eigenvalue weighted by atomic mass is 9.72. The lowest BCUT2D eigenvalue weighted by molar-refractivity contribution is 0.0365. The number of amides is 1. The Bertz CT molecular complexity index is 802. The van der Waals surface area contributed by atoms with Crippen LogP contribution < -0.4 is 0 Å². The van der Waals surface area contributed by atoms with E-state index in [1.54, 1.807) is 11.3 Å². The van der Waals surface area contributed by atoms with E-state index in [0.717, 1.165) is 44.3 Å². The summed E-state index contributed by atoms with van der Waals surface area (Å²) < 4.78 is 0. The number of thiophene rings is 1. The van der Waals surface area contributed by atoms with Crippen molar-refractivity contribution in [1.82, 2.24) is 4.90 Å². The molecule has 1 N–H and O–H groups in total. The van der Waals surface area contributed by atoms with E-state index in [2.05, 4.69) is 38.1 Å². The first-order valence-electron chi connectivity index (χ1n) is 9.19. The van der Waals surface area contributed by atoms with Gasteiger partial charge in [0.1, 0.15) is 0 Å². The first kappa shape index (κ1) is 16.8. The molecule has 1 aromatic carbocycles. The number of carbonyl (C=O) groups excluding carboxylic acids is 1. The van der Waals surface area contributed by atoms with E-state index in [-0.39, 0.29) is 17.4 Å². The van der Waals surface area contributed by atoms with Crippen molar-refractivity contribution in [2.45, 2.75) is 51.0 Å². The molecule has 0 bridgehead atoms. The first-order chi connectivity index (χ1) is 12.1. The summed E-state index contributed by atoms with van der Waals surface area (Å²) in [6.07, 6.45) is 3.02. The number of nitrogens with zero attached hydrogens (tertiary/aromatic N) is 1. The van der Waals surface area contributed by atoms with Gasteiger partial charge in [-0.3, -0.25) is 4.79 Å². The Hall–Kier alpha value is -1.65. The number of benzene rings is 1. The number of rotatable bonds is 2. The largest absolute Gasteiger partial charge is 0.392 e. The van der Waals surface area contributed by atoms with E-state index in [1.165, 1.54) is 21.6 Å². The molecule has 2 heterocycles. The third-order valence-electron chi connectivity index (χ3n) is 6.24. The summed E-state index contributed by atoms with van der Waals surface area (Å²) in [5.41, 5.74) is 4.49. The van der Waals surface area contributed by atoms with E-state index in [1.807, 2.05) is 10.3 Å². The van der Waals surface area contributed by atoms with E-state index in [4.69, 9.17) is 0 Å². The average Bonchev–Trinajstić information content (AvgIpc) is 3.13. The van der Waals surface area contributed by atoms with Crippen molar-refractivity contribution in [2.24, 2.45) is 0 Å². The molecule has 1 aliphatic carbocycles. The van der Waals surface area contributed by atoms with Crippen LogP contribution in [0.5, 0.6) is 0 Å². The standard InChI is InChI=1S/C21H25NO2S/c1-3-16-14(2)25-13-17(16)20(24)22-10-8-21(9-11-22)18-7-5-4-6-15(18)12-19(21)23/h4-7,13,19,23H,3,8-12H2,1-2H3/t19-/m1/s1. The molecule has 1 amide bonds. The van der Waals surface area contributed by atoms with Crippen LogP contribution in [0.25, 0.3) is 0 Å². The molecule has 1 fully saturated rings. The molecule has 1 spiro atoms. The maximum atomic E-state index is 13.0. The zero-order valence-electron chi connectivity index (χ0n) is 14.9.